The number of Topliss-reactive ketones (excluding diaryl/α,β-unsaturated/α-hetero) is 1. The molecule has 1 aromatic carbocycles. The molecule has 106 valence electrons. The topological polar surface area (TPSA) is 52.9 Å². The molecule has 0 saturated heterocycles. The van der Waals surface area contributed by atoms with E-state index in [9.17, 15) is 14.4 Å². The molecule has 2 aliphatic rings. The first-order valence-electron chi connectivity index (χ1n) is 7.01. The second-order valence-corrected chi connectivity index (χ2v) is 5.43. The Morgan fingerprint density at radius 3 is 2.67 bits per heavy atom. The van der Waals surface area contributed by atoms with Crippen molar-refractivity contribution in [2.75, 3.05) is 0 Å². The largest absolute Gasteiger partial charge is 0.361 e. The van der Waals surface area contributed by atoms with Crippen molar-refractivity contribution in [3.05, 3.63) is 58.2 Å². The molecule has 1 unspecified atom stereocenters. The lowest BCUT2D eigenvalue weighted by molar-refractivity contribution is -0.116. The zero-order chi connectivity index (χ0) is 15.0. The van der Waals surface area contributed by atoms with Gasteiger partial charge >= 0.3 is 0 Å². The van der Waals surface area contributed by atoms with Crippen LogP contribution < -0.4 is 5.32 Å². The van der Waals surface area contributed by atoms with Gasteiger partial charge in [0.2, 0.25) is 0 Å². The van der Waals surface area contributed by atoms with E-state index in [2.05, 4.69) is 11.4 Å². The molecule has 0 spiro atoms. The summed E-state index contributed by atoms with van der Waals surface area (Å²) in [5, 5.41) is 12.7. The van der Waals surface area contributed by atoms with Gasteiger partial charge in [0.15, 0.2) is 5.78 Å². The minimum Gasteiger partial charge on any atom is -0.361 e. The molecule has 1 aliphatic carbocycles. The predicted molar refractivity (Wildman–Crippen MR) is 76.5 cm³/mol. The van der Waals surface area contributed by atoms with Crippen molar-refractivity contribution in [1.29, 1.82) is 5.26 Å². The highest BCUT2D eigenvalue weighted by Gasteiger charge is 2.35. The van der Waals surface area contributed by atoms with E-state index in [0.717, 1.165) is 29.8 Å². The number of hydrogen-bond acceptors (Lipinski definition) is 3. The zero-order valence-corrected chi connectivity index (χ0v) is 11.7. The maximum atomic E-state index is 13.2. The fraction of sp³-hybridized carbons (Fsp3) is 0.294. The molecule has 1 N–H and O–H groups in total. The summed E-state index contributed by atoms with van der Waals surface area (Å²) in [4.78, 5) is 12.3. The Bertz CT molecular complexity index is 707. The van der Waals surface area contributed by atoms with E-state index in [-0.39, 0.29) is 17.5 Å². The maximum absolute atomic E-state index is 13.2. The minimum absolute atomic E-state index is 0.0818. The third-order valence-electron chi connectivity index (χ3n) is 4.10. The lowest BCUT2D eigenvalue weighted by Crippen LogP contribution is -2.31. The third kappa shape index (κ3) is 2.25. The number of rotatable bonds is 1. The molecule has 3 rings (SSSR count). The molecule has 0 aromatic heterocycles. The minimum atomic E-state index is -0.375. The number of carbonyl (C=O) groups excluding carboxylic acids is 1. The van der Waals surface area contributed by atoms with E-state index < -0.39 is 0 Å². The second-order valence-electron chi connectivity index (χ2n) is 5.43. The van der Waals surface area contributed by atoms with Gasteiger partial charge in [-0.15, -0.1) is 0 Å². The average molecular weight is 282 g/mol. The van der Waals surface area contributed by atoms with Crippen molar-refractivity contribution in [3.8, 4) is 6.07 Å². The van der Waals surface area contributed by atoms with Gasteiger partial charge in [-0.05, 0) is 37.5 Å². The fourth-order valence-corrected chi connectivity index (χ4v) is 3.12. The van der Waals surface area contributed by atoms with Gasteiger partial charge in [0, 0.05) is 23.4 Å². The van der Waals surface area contributed by atoms with Crippen LogP contribution in [0.4, 0.5) is 4.39 Å². The molecule has 4 heteroatoms. The Kier molecular flexibility index (Phi) is 3.34. The first-order chi connectivity index (χ1) is 10.1. The molecule has 3 nitrogen and oxygen atoms in total. The van der Waals surface area contributed by atoms with Crippen LogP contribution in [0.2, 0.25) is 0 Å². The zero-order valence-electron chi connectivity index (χ0n) is 11.7. The van der Waals surface area contributed by atoms with E-state index in [1.807, 2.05) is 6.92 Å². The molecule has 1 aliphatic heterocycles. The molecule has 0 bridgehead atoms. The maximum Gasteiger partial charge on any atom is 0.161 e. The summed E-state index contributed by atoms with van der Waals surface area (Å²) in [6.45, 7) is 1.85. The van der Waals surface area contributed by atoms with E-state index in [1.165, 1.54) is 12.1 Å². The van der Waals surface area contributed by atoms with Crippen molar-refractivity contribution < 1.29 is 9.18 Å². The highest BCUT2D eigenvalue weighted by Crippen LogP contribution is 2.41. The molecular formula is C17H15FN2O. The Morgan fingerprint density at radius 2 is 2.00 bits per heavy atom. The van der Waals surface area contributed by atoms with Crippen LogP contribution in [-0.2, 0) is 4.79 Å². The molecule has 1 heterocycles. The molecule has 1 aromatic rings. The van der Waals surface area contributed by atoms with Crippen LogP contribution in [0, 0.1) is 17.1 Å². The van der Waals surface area contributed by atoms with Crippen molar-refractivity contribution in [3.63, 3.8) is 0 Å². The Balaban J connectivity index is 2.17. The lowest BCUT2D eigenvalue weighted by Gasteiger charge is -2.32. The fourth-order valence-electron chi connectivity index (χ4n) is 3.12. The molecule has 1 atom stereocenters. The van der Waals surface area contributed by atoms with Crippen molar-refractivity contribution >= 4 is 5.78 Å². The number of nitriles is 1. The van der Waals surface area contributed by atoms with Gasteiger partial charge in [-0.1, -0.05) is 12.1 Å². The second kappa shape index (κ2) is 5.17. The van der Waals surface area contributed by atoms with Gasteiger partial charge < -0.3 is 5.32 Å². The van der Waals surface area contributed by atoms with E-state index >= 15 is 0 Å². The van der Waals surface area contributed by atoms with Gasteiger partial charge in [-0.2, -0.15) is 5.26 Å². The molecular weight excluding hydrogens is 267 g/mol. The quantitative estimate of drug-likeness (QED) is 0.859. The summed E-state index contributed by atoms with van der Waals surface area (Å²) in [5.74, 6) is -0.617. The number of ketones is 1. The van der Waals surface area contributed by atoms with Crippen LogP contribution in [0.3, 0.4) is 0 Å². The number of nitrogens with zero attached hydrogens (tertiary/aromatic N) is 1. The SMILES string of the molecule is CC1=C(C#N)C(c2ccc(F)cc2)C2=C(CCCC2=O)N1. The Morgan fingerprint density at radius 1 is 1.29 bits per heavy atom. The van der Waals surface area contributed by atoms with Crippen LogP contribution in [0.1, 0.15) is 37.7 Å². The Labute approximate surface area is 122 Å². The van der Waals surface area contributed by atoms with E-state index in [1.54, 1.807) is 12.1 Å². The van der Waals surface area contributed by atoms with Crippen molar-refractivity contribution in [2.45, 2.75) is 32.1 Å². The molecule has 0 radical (unpaired) electrons. The Hall–Kier alpha value is -2.41. The van der Waals surface area contributed by atoms with E-state index in [0.29, 0.717) is 17.6 Å². The monoisotopic (exact) mass is 282 g/mol. The highest BCUT2D eigenvalue weighted by atomic mass is 19.1. The number of dihydropyridines is 1. The van der Waals surface area contributed by atoms with Crippen molar-refractivity contribution in [1.82, 2.24) is 5.32 Å². The third-order valence-corrected chi connectivity index (χ3v) is 4.10. The summed E-state index contributed by atoms with van der Waals surface area (Å²) in [6.07, 6.45) is 2.15. The van der Waals surface area contributed by atoms with E-state index in [4.69, 9.17) is 0 Å². The molecule has 21 heavy (non-hydrogen) atoms. The lowest BCUT2D eigenvalue weighted by atomic mass is 9.76. The van der Waals surface area contributed by atoms with Gasteiger partial charge in [0.25, 0.3) is 0 Å². The van der Waals surface area contributed by atoms with Crippen LogP contribution in [0.15, 0.2) is 46.8 Å². The standard InChI is InChI=1S/C17H15FN2O/c1-10-13(9-19)16(11-5-7-12(18)8-6-11)17-14(20-10)3-2-4-15(17)21/h5-8,16,20H,2-4H2,1H3. The molecule has 0 fully saturated rings. The van der Waals surface area contributed by atoms with Crippen molar-refractivity contribution in [2.24, 2.45) is 0 Å². The van der Waals surface area contributed by atoms with Crippen LogP contribution >= 0.6 is 0 Å². The number of carbonyl (C=O) groups is 1. The van der Waals surface area contributed by atoms with Crippen LogP contribution in [-0.4, -0.2) is 5.78 Å². The summed E-state index contributed by atoms with van der Waals surface area (Å²) in [6, 6.07) is 8.26. The number of nitrogens with one attached hydrogen (secondary N) is 1. The van der Waals surface area contributed by atoms with Crippen LogP contribution in [0.25, 0.3) is 0 Å². The molecule has 0 amide bonds. The first kappa shape index (κ1) is 13.6. The number of benzene rings is 1. The molecule has 0 saturated carbocycles. The summed E-state index contributed by atoms with van der Waals surface area (Å²) in [7, 11) is 0. The summed E-state index contributed by atoms with van der Waals surface area (Å²) >= 11 is 0. The number of halogens is 1. The normalized spacial score (nSPS) is 21.8. The summed E-state index contributed by atoms with van der Waals surface area (Å²) in [5.41, 5.74) is 3.69. The number of hydrogen-bond donors (Lipinski definition) is 1. The van der Waals surface area contributed by atoms with Crippen LogP contribution in [0.5, 0.6) is 0 Å². The average Bonchev–Trinajstić information content (AvgIpc) is 2.47. The predicted octanol–water partition coefficient (Wildman–Crippen LogP) is 3.32. The van der Waals surface area contributed by atoms with Gasteiger partial charge in [-0.25, -0.2) is 4.39 Å². The summed E-state index contributed by atoms with van der Waals surface area (Å²) < 4.78 is 13.2. The van der Waals surface area contributed by atoms with Gasteiger partial charge in [-0.3, -0.25) is 4.79 Å². The number of allylic oxidation sites excluding steroid dienone is 4. The smallest absolute Gasteiger partial charge is 0.161 e. The van der Waals surface area contributed by atoms with Gasteiger partial charge in [0.1, 0.15) is 5.82 Å². The highest BCUT2D eigenvalue weighted by molar-refractivity contribution is 5.99. The van der Waals surface area contributed by atoms with Gasteiger partial charge in [0.05, 0.1) is 17.6 Å². The first-order valence-corrected chi connectivity index (χ1v) is 7.01.